The van der Waals surface area contributed by atoms with Gasteiger partial charge in [-0.1, -0.05) is 0 Å². The fourth-order valence-corrected chi connectivity index (χ4v) is 1.44. The Kier molecular flexibility index (Phi) is 1.85. The van der Waals surface area contributed by atoms with Crippen molar-refractivity contribution in [3.63, 3.8) is 0 Å². The first kappa shape index (κ1) is 9.21. The van der Waals surface area contributed by atoms with Gasteiger partial charge < -0.3 is 14.8 Å². The number of nitrogens with zero attached hydrogens (tertiary/aromatic N) is 1. The number of H-pyrrole nitrogens is 1. The minimum Gasteiger partial charge on any atom is -0.480 e. The average molecular weight is 196 g/mol. The zero-order chi connectivity index (χ0) is 10.3. The Labute approximate surface area is 81.1 Å². The summed E-state index contributed by atoms with van der Waals surface area (Å²) in [6.07, 6.45) is 0. The highest BCUT2D eigenvalue weighted by Gasteiger charge is 2.50. The van der Waals surface area contributed by atoms with Crippen molar-refractivity contribution in [1.29, 1.82) is 0 Å². The molecule has 0 radical (unpaired) electrons. The van der Waals surface area contributed by atoms with Crippen molar-refractivity contribution in [2.24, 2.45) is 0 Å². The van der Waals surface area contributed by atoms with Gasteiger partial charge in [-0.25, -0.2) is 4.98 Å². The lowest BCUT2D eigenvalue weighted by Crippen LogP contribution is -2.53. The van der Waals surface area contributed by atoms with Crippen LogP contribution in [-0.4, -0.2) is 34.3 Å². The number of carboxylic acids is 1. The predicted molar refractivity (Wildman–Crippen MR) is 48.2 cm³/mol. The van der Waals surface area contributed by atoms with Crippen LogP contribution in [-0.2, 0) is 14.9 Å². The molecule has 0 spiro atoms. The van der Waals surface area contributed by atoms with E-state index in [1.165, 1.54) is 0 Å². The van der Waals surface area contributed by atoms with Crippen LogP contribution >= 0.6 is 0 Å². The number of aromatic amines is 1. The second-order valence-corrected chi connectivity index (χ2v) is 3.68. The molecule has 0 amide bonds. The molecule has 2 heterocycles. The number of imidazole rings is 1. The highest BCUT2D eigenvalue weighted by atomic mass is 16.5. The average Bonchev–Trinajstić information content (AvgIpc) is 2.28. The molecular formula is C9H12N2O3. The highest BCUT2D eigenvalue weighted by molar-refractivity contribution is 5.81. The van der Waals surface area contributed by atoms with Gasteiger partial charge in [0, 0.05) is 5.69 Å². The van der Waals surface area contributed by atoms with Gasteiger partial charge in [-0.3, -0.25) is 4.79 Å². The van der Waals surface area contributed by atoms with Crippen LogP contribution in [0.5, 0.6) is 0 Å². The number of ether oxygens (including phenoxy) is 1. The summed E-state index contributed by atoms with van der Waals surface area (Å²) in [5.74, 6) is -0.372. The largest absolute Gasteiger partial charge is 0.480 e. The van der Waals surface area contributed by atoms with Crippen molar-refractivity contribution in [3.05, 3.63) is 17.2 Å². The van der Waals surface area contributed by atoms with Gasteiger partial charge in [0.2, 0.25) is 0 Å². The molecule has 0 atom stereocenters. The SMILES string of the molecule is Cc1nc(C2(C(=O)O)COC2)[nH]c1C. The van der Waals surface area contributed by atoms with Crippen LogP contribution in [0.3, 0.4) is 0 Å². The Morgan fingerprint density at radius 1 is 1.57 bits per heavy atom. The van der Waals surface area contributed by atoms with E-state index in [0.29, 0.717) is 5.82 Å². The van der Waals surface area contributed by atoms with E-state index in [9.17, 15) is 4.79 Å². The van der Waals surface area contributed by atoms with Crippen molar-refractivity contribution < 1.29 is 14.6 Å². The van der Waals surface area contributed by atoms with E-state index < -0.39 is 11.4 Å². The Bertz CT molecular complexity index is 360. The molecule has 1 aliphatic rings. The third-order valence-corrected chi connectivity index (χ3v) is 2.69. The lowest BCUT2D eigenvalue weighted by Gasteiger charge is -2.35. The Hall–Kier alpha value is -1.36. The number of carbonyl (C=O) groups is 1. The fraction of sp³-hybridized carbons (Fsp3) is 0.556. The molecule has 1 saturated heterocycles. The normalized spacial score (nSPS) is 19.0. The van der Waals surface area contributed by atoms with Crippen LogP contribution in [0.1, 0.15) is 17.2 Å². The number of hydrogen-bond donors (Lipinski definition) is 2. The summed E-state index contributed by atoms with van der Waals surface area (Å²) in [6, 6.07) is 0. The second-order valence-electron chi connectivity index (χ2n) is 3.68. The zero-order valence-corrected chi connectivity index (χ0v) is 8.13. The van der Waals surface area contributed by atoms with Crippen LogP contribution in [0, 0.1) is 13.8 Å². The van der Waals surface area contributed by atoms with Crippen LogP contribution in [0.15, 0.2) is 0 Å². The van der Waals surface area contributed by atoms with Gasteiger partial charge >= 0.3 is 5.97 Å². The zero-order valence-electron chi connectivity index (χ0n) is 8.13. The first-order valence-corrected chi connectivity index (χ1v) is 4.41. The van der Waals surface area contributed by atoms with Crippen molar-refractivity contribution in [3.8, 4) is 0 Å². The molecule has 1 fully saturated rings. The molecule has 0 unspecified atom stereocenters. The Morgan fingerprint density at radius 2 is 2.21 bits per heavy atom. The molecule has 0 aromatic carbocycles. The molecule has 1 aromatic rings. The predicted octanol–water partition coefficient (Wildman–Crippen LogP) is 0.379. The molecular weight excluding hydrogens is 184 g/mol. The number of aliphatic carboxylic acids is 1. The van der Waals surface area contributed by atoms with Gasteiger partial charge in [0.05, 0.1) is 18.9 Å². The van der Waals surface area contributed by atoms with E-state index in [4.69, 9.17) is 9.84 Å². The third kappa shape index (κ3) is 1.05. The first-order valence-electron chi connectivity index (χ1n) is 4.41. The van der Waals surface area contributed by atoms with Crippen LogP contribution in [0.4, 0.5) is 0 Å². The molecule has 0 aliphatic carbocycles. The van der Waals surface area contributed by atoms with Gasteiger partial charge in [0.15, 0.2) is 5.41 Å². The maximum Gasteiger partial charge on any atom is 0.322 e. The number of aromatic nitrogens is 2. The topological polar surface area (TPSA) is 75.2 Å². The molecule has 2 rings (SSSR count). The van der Waals surface area contributed by atoms with Crippen molar-refractivity contribution in [2.45, 2.75) is 19.3 Å². The van der Waals surface area contributed by atoms with Gasteiger partial charge in [0.1, 0.15) is 5.82 Å². The number of carboxylic acid groups (broad SMARTS) is 1. The van der Waals surface area contributed by atoms with Gasteiger partial charge in [-0.15, -0.1) is 0 Å². The van der Waals surface area contributed by atoms with Crippen LogP contribution in [0.2, 0.25) is 0 Å². The number of rotatable bonds is 2. The summed E-state index contributed by atoms with van der Waals surface area (Å²) in [4.78, 5) is 18.3. The monoisotopic (exact) mass is 196 g/mol. The molecule has 2 N–H and O–H groups in total. The Morgan fingerprint density at radius 3 is 2.50 bits per heavy atom. The summed E-state index contributed by atoms with van der Waals surface area (Å²) >= 11 is 0. The molecule has 5 nitrogen and oxygen atoms in total. The summed E-state index contributed by atoms with van der Waals surface area (Å²) < 4.78 is 4.96. The van der Waals surface area contributed by atoms with E-state index in [-0.39, 0.29) is 13.2 Å². The molecule has 14 heavy (non-hydrogen) atoms. The minimum atomic E-state index is -0.945. The van der Waals surface area contributed by atoms with E-state index >= 15 is 0 Å². The highest BCUT2D eigenvalue weighted by Crippen LogP contribution is 2.31. The Balaban J connectivity index is 2.41. The second kappa shape index (κ2) is 2.81. The molecule has 5 heteroatoms. The molecule has 1 aliphatic heterocycles. The maximum atomic E-state index is 11.1. The molecule has 0 saturated carbocycles. The van der Waals surface area contributed by atoms with E-state index in [1.807, 2.05) is 13.8 Å². The maximum absolute atomic E-state index is 11.1. The summed E-state index contributed by atoms with van der Waals surface area (Å²) in [6.45, 7) is 4.13. The first-order chi connectivity index (χ1) is 6.56. The lowest BCUT2D eigenvalue weighted by molar-refractivity contribution is -0.163. The lowest BCUT2D eigenvalue weighted by atomic mass is 9.85. The van der Waals surface area contributed by atoms with Crippen LogP contribution < -0.4 is 0 Å². The summed E-state index contributed by atoms with van der Waals surface area (Å²) in [5, 5.41) is 9.10. The van der Waals surface area contributed by atoms with Crippen molar-refractivity contribution in [1.82, 2.24) is 9.97 Å². The smallest absolute Gasteiger partial charge is 0.322 e. The number of hydrogen-bond acceptors (Lipinski definition) is 3. The minimum absolute atomic E-state index is 0.203. The van der Waals surface area contributed by atoms with E-state index in [2.05, 4.69) is 9.97 Å². The van der Waals surface area contributed by atoms with Crippen molar-refractivity contribution >= 4 is 5.97 Å². The van der Waals surface area contributed by atoms with Gasteiger partial charge in [0.25, 0.3) is 0 Å². The van der Waals surface area contributed by atoms with Gasteiger partial charge in [-0.2, -0.15) is 0 Å². The summed E-state index contributed by atoms with van der Waals surface area (Å²) in [5.41, 5.74) is 0.805. The number of aryl methyl sites for hydroxylation is 2. The van der Waals surface area contributed by atoms with E-state index in [1.54, 1.807) is 0 Å². The van der Waals surface area contributed by atoms with E-state index in [0.717, 1.165) is 11.4 Å². The van der Waals surface area contributed by atoms with Crippen molar-refractivity contribution in [2.75, 3.05) is 13.2 Å². The third-order valence-electron chi connectivity index (χ3n) is 2.69. The molecule has 76 valence electrons. The standard InChI is InChI=1S/C9H12N2O3/c1-5-6(2)11-7(10-5)9(8(12)13)3-14-4-9/h3-4H2,1-2H3,(H,10,11)(H,12,13). The quantitative estimate of drug-likeness (QED) is 0.717. The number of nitrogens with one attached hydrogen (secondary N) is 1. The molecule has 0 bridgehead atoms. The molecule has 1 aromatic heterocycles. The van der Waals surface area contributed by atoms with Gasteiger partial charge in [-0.05, 0) is 13.8 Å². The van der Waals surface area contributed by atoms with Crippen LogP contribution in [0.25, 0.3) is 0 Å². The summed E-state index contributed by atoms with van der Waals surface area (Å²) in [7, 11) is 0. The fourth-order valence-electron chi connectivity index (χ4n) is 1.44.